The van der Waals surface area contributed by atoms with Crippen molar-refractivity contribution in [2.45, 2.75) is 36.7 Å². The molecule has 0 unspecified atom stereocenters. The minimum absolute atomic E-state index is 0.110. The van der Waals surface area contributed by atoms with E-state index >= 15 is 0 Å². The number of nitrogens with zero attached hydrogens (tertiary/aromatic N) is 4. The first-order valence-electron chi connectivity index (χ1n) is 11.6. The predicted octanol–water partition coefficient (Wildman–Crippen LogP) is 2.08. The van der Waals surface area contributed by atoms with Crippen molar-refractivity contribution >= 4 is 25.9 Å². The molecule has 0 bridgehead atoms. The lowest BCUT2D eigenvalue weighted by Crippen LogP contribution is -2.48. The molecule has 9 nitrogen and oxygen atoms in total. The van der Waals surface area contributed by atoms with Crippen LogP contribution in [0.25, 0.3) is 0 Å². The minimum Gasteiger partial charge on any atom is -0.379 e. The maximum atomic E-state index is 13.4. The lowest BCUT2D eigenvalue weighted by Gasteiger charge is -2.33. The summed E-state index contributed by atoms with van der Waals surface area (Å²) in [7, 11) is -7.73. The van der Waals surface area contributed by atoms with Crippen LogP contribution in [0.15, 0.2) is 62.7 Å². The van der Waals surface area contributed by atoms with E-state index in [2.05, 4.69) is 9.30 Å². The SMILES string of the molecule is Cc1ccc(S(=O)(=O)N=C(CN2CCOCC2)N2CCN(S(=O)(=O)c3ccc(C)cc3)[C@H]2C)cc1. The lowest BCUT2D eigenvalue weighted by molar-refractivity contribution is 0.0439. The van der Waals surface area contributed by atoms with Crippen molar-refractivity contribution in [2.24, 2.45) is 4.40 Å². The Bertz CT molecular complexity index is 1270. The van der Waals surface area contributed by atoms with Crippen molar-refractivity contribution in [1.29, 1.82) is 0 Å². The van der Waals surface area contributed by atoms with Gasteiger partial charge < -0.3 is 9.64 Å². The molecule has 2 aliphatic rings. The van der Waals surface area contributed by atoms with Gasteiger partial charge in [-0.2, -0.15) is 12.7 Å². The first kappa shape index (κ1) is 25.8. The van der Waals surface area contributed by atoms with Crippen molar-refractivity contribution < 1.29 is 21.6 Å². The van der Waals surface area contributed by atoms with Crippen LogP contribution >= 0.6 is 0 Å². The molecule has 2 fully saturated rings. The molecule has 4 rings (SSSR count). The van der Waals surface area contributed by atoms with Crippen LogP contribution in [0.1, 0.15) is 18.1 Å². The van der Waals surface area contributed by atoms with Gasteiger partial charge in [0.2, 0.25) is 10.0 Å². The molecule has 2 aliphatic heterocycles. The highest BCUT2D eigenvalue weighted by atomic mass is 32.2. The van der Waals surface area contributed by atoms with E-state index in [9.17, 15) is 16.8 Å². The molecule has 0 spiro atoms. The van der Waals surface area contributed by atoms with Gasteiger partial charge in [-0.1, -0.05) is 35.4 Å². The summed E-state index contributed by atoms with van der Waals surface area (Å²) in [5.41, 5.74) is 1.92. The number of benzene rings is 2. The summed E-state index contributed by atoms with van der Waals surface area (Å²) in [6.45, 7) is 8.85. The van der Waals surface area contributed by atoms with Crippen LogP contribution in [-0.2, 0) is 24.8 Å². The molecule has 0 aliphatic carbocycles. The zero-order valence-corrected chi connectivity index (χ0v) is 21.9. The van der Waals surface area contributed by atoms with Crippen molar-refractivity contribution in [3.63, 3.8) is 0 Å². The minimum atomic E-state index is -3.98. The van der Waals surface area contributed by atoms with Crippen LogP contribution in [0.5, 0.6) is 0 Å². The van der Waals surface area contributed by atoms with Crippen molar-refractivity contribution in [2.75, 3.05) is 45.9 Å². The molecule has 0 saturated carbocycles. The fraction of sp³-hybridized carbons (Fsp3) is 0.458. The van der Waals surface area contributed by atoms with Gasteiger partial charge in [0, 0.05) is 26.2 Å². The van der Waals surface area contributed by atoms with E-state index in [0.717, 1.165) is 11.1 Å². The fourth-order valence-electron chi connectivity index (χ4n) is 4.28. The van der Waals surface area contributed by atoms with E-state index in [-0.39, 0.29) is 22.9 Å². The first-order chi connectivity index (χ1) is 16.6. The molecule has 2 aromatic rings. The smallest absolute Gasteiger partial charge is 0.283 e. The van der Waals surface area contributed by atoms with Gasteiger partial charge >= 0.3 is 0 Å². The van der Waals surface area contributed by atoms with Gasteiger partial charge in [0.15, 0.2) is 0 Å². The van der Waals surface area contributed by atoms with Gasteiger partial charge in [0.1, 0.15) is 5.84 Å². The Hall–Kier alpha value is -2.31. The third kappa shape index (κ3) is 5.75. The summed E-state index contributed by atoms with van der Waals surface area (Å²) >= 11 is 0. The zero-order valence-electron chi connectivity index (χ0n) is 20.3. The van der Waals surface area contributed by atoms with E-state index < -0.39 is 26.2 Å². The lowest BCUT2D eigenvalue weighted by atomic mass is 10.2. The number of ether oxygens (including phenoxy) is 1. The largest absolute Gasteiger partial charge is 0.379 e. The highest BCUT2D eigenvalue weighted by molar-refractivity contribution is 7.90. The number of morpholine rings is 1. The van der Waals surface area contributed by atoms with Gasteiger partial charge in [-0.05, 0) is 45.0 Å². The molecule has 2 saturated heterocycles. The Kier molecular flexibility index (Phi) is 7.62. The molecular formula is C24H32N4O5S2. The number of rotatable bonds is 6. The van der Waals surface area contributed by atoms with Crippen LogP contribution in [0.4, 0.5) is 0 Å². The average molecular weight is 521 g/mol. The monoisotopic (exact) mass is 520 g/mol. The second-order valence-electron chi connectivity index (χ2n) is 8.94. The first-order valence-corrected chi connectivity index (χ1v) is 14.5. The number of amidine groups is 1. The second kappa shape index (κ2) is 10.4. The normalized spacial score (nSPS) is 20.9. The summed E-state index contributed by atoms with van der Waals surface area (Å²) in [5, 5.41) is 0. The number of aryl methyl sites for hydroxylation is 2. The molecular weight excluding hydrogens is 488 g/mol. The maximum Gasteiger partial charge on any atom is 0.283 e. The maximum absolute atomic E-state index is 13.4. The zero-order chi connectivity index (χ0) is 25.2. The van der Waals surface area contributed by atoms with Gasteiger partial charge in [-0.3, -0.25) is 4.90 Å². The fourth-order valence-corrected chi connectivity index (χ4v) is 6.89. The summed E-state index contributed by atoms with van der Waals surface area (Å²) in [5.74, 6) is 0.335. The van der Waals surface area contributed by atoms with E-state index in [4.69, 9.17) is 4.74 Å². The molecule has 1 atom stereocenters. The molecule has 0 N–H and O–H groups in total. The van der Waals surface area contributed by atoms with E-state index in [0.29, 0.717) is 38.7 Å². The summed E-state index contributed by atoms with van der Waals surface area (Å²) in [4.78, 5) is 4.19. The van der Waals surface area contributed by atoms with Crippen molar-refractivity contribution in [3.05, 3.63) is 59.7 Å². The molecule has 2 heterocycles. The average Bonchev–Trinajstić information content (AvgIpc) is 3.22. The Morgan fingerprint density at radius 2 is 1.40 bits per heavy atom. The van der Waals surface area contributed by atoms with Crippen LogP contribution < -0.4 is 0 Å². The van der Waals surface area contributed by atoms with Crippen LogP contribution in [0.3, 0.4) is 0 Å². The van der Waals surface area contributed by atoms with Crippen LogP contribution in [0.2, 0.25) is 0 Å². The Balaban J connectivity index is 1.66. The Morgan fingerprint density at radius 1 is 0.857 bits per heavy atom. The van der Waals surface area contributed by atoms with E-state index in [1.165, 1.54) is 4.31 Å². The third-order valence-corrected chi connectivity index (χ3v) is 9.69. The molecule has 0 amide bonds. The van der Waals surface area contributed by atoms with Gasteiger partial charge in [0.05, 0.1) is 35.7 Å². The highest BCUT2D eigenvalue weighted by Crippen LogP contribution is 2.26. The molecule has 2 aromatic carbocycles. The molecule has 0 radical (unpaired) electrons. The molecule has 11 heteroatoms. The highest BCUT2D eigenvalue weighted by Gasteiger charge is 2.39. The molecule has 190 valence electrons. The van der Waals surface area contributed by atoms with E-state index in [1.807, 2.05) is 13.8 Å². The Morgan fingerprint density at radius 3 is 1.97 bits per heavy atom. The van der Waals surface area contributed by atoms with Crippen LogP contribution in [-0.4, -0.2) is 88.9 Å². The third-order valence-electron chi connectivity index (χ3n) is 6.40. The van der Waals surface area contributed by atoms with E-state index in [1.54, 1.807) is 60.4 Å². The topological polar surface area (TPSA) is 99.6 Å². The van der Waals surface area contributed by atoms with Gasteiger partial charge in [-0.15, -0.1) is 4.40 Å². The number of hydrogen-bond donors (Lipinski definition) is 0. The standard InChI is InChI=1S/C24H32N4O5S2/c1-19-4-8-22(9-5-19)34(29,30)25-24(18-26-14-16-33-17-15-26)27-12-13-28(21(27)3)35(31,32)23-10-6-20(2)7-11-23/h4-11,21H,12-18H2,1-3H3/t21-/m0/s1. The van der Waals surface area contributed by atoms with Gasteiger partial charge in [-0.25, -0.2) is 8.42 Å². The van der Waals surface area contributed by atoms with Gasteiger partial charge in [0.25, 0.3) is 10.0 Å². The van der Waals surface area contributed by atoms with Crippen molar-refractivity contribution in [3.8, 4) is 0 Å². The van der Waals surface area contributed by atoms with Crippen molar-refractivity contribution in [1.82, 2.24) is 14.1 Å². The summed E-state index contributed by atoms with van der Waals surface area (Å²) in [6, 6.07) is 13.3. The predicted molar refractivity (Wildman–Crippen MR) is 134 cm³/mol. The number of sulfonamides is 2. The van der Waals surface area contributed by atoms with Crippen LogP contribution in [0, 0.1) is 13.8 Å². The summed E-state index contributed by atoms with van der Waals surface area (Å²) < 4.78 is 64.2. The Labute approximate surface area is 208 Å². The summed E-state index contributed by atoms with van der Waals surface area (Å²) in [6.07, 6.45) is -0.589. The quantitative estimate of drug-likeness (QED) is 0.425. The molecule has 35 heavy (non-hydrogen) atoms. The number of hydrogen-bond acceptors (Lipinski definition) is 6. The molecule has 0 aromatic heterocycles. The second-order valence-corrected chi connectivity index (χ2v) is 12.4.